The van der Waals surface area contributed by atoms with Gasteiger partial charge in [0.05, 0.1) is 5.69 Å². The summed E-state index contributed by atoms with van der Waals surface area (Å²) >= 11 is 3.73. The highest BCUT2D eigenvalue weighted by Crippen LogP contribution is 2.54. The molecule has 68 valence electrons. The Kier molecular flexibility index (Phi) is 2.65. The van der Waals surface area contributed by atoms with Crippen molar-refractivity contribution in [3.63, 3.8) is 0 Å². The zero-order valence-electron chi connectivity index (χ0n) is 7.43. The van der Waals surface area contributed by atoms with E-state index in [1.165, 1.54) is 5.69 Å². The lowest BCUT2D eigenvalue weighted by molar-refractivity contribution is 0.806. The molecule has 1 aromatic heterocycles. The fourth-order valence-corrected chi connectivity index (χ4v) is 3.62. The fraction of sp³-hybridized carbons (Fsp3) is 0.300. The van der Waals surface area contributed by atoms with Crippen LogP contribution in [0.2, 0.25) is 0 Å². The lowest BCUT2D eigenvalue weighted by atomic mass is 10.2. The standard InChI is InChI=1S/C10H11NS2/c1-2-10(12-7-8-13-10)9-5-3-4-6-11-9/h3-8H,2H2,1H3. The summed E-state index contributed by atoms with van der Waals surface area (Å²) in [4.78, 5) is 4.42. The Labute approximate surface area is 87.0 Å². The van der Waals surface area contributed by atoms with Gasteiger partial charge in [-0.05, 0) is 29.4 Å². The fourth-order valence-electron chi connectivity index (χ4n) is 1.36. The van der Waals surface area contributed by atoms with Crippen LogP contribution < -0.4 is 0 Å². The minimum Gasteiger partial charge on any atom is -0.259 e. The SMILES string of the molecule is CCC1(c2ccccn2)SC=CS1. The molecule has 0 aliphatic carbocycles. The van der Waals surface area contributed by atoms with Gasteiger partial charge in [0.25, 0.3) is 0 Å². The highest BCUT2D eigenvalue weighted by atomic mass is 32.2. The molecule has 0 saturated heterocycles. The highest BCUT2D eigenvalue weighted by Gasteiger charge is 2.34. The van der Waals surface area contributed by atoms with Crippen molar-refractivity contribution < 1.29 is 0 Å². The van der Waals surface area contributed by atoms with Crippen LogP contribution in [-0.2, 0) is 4.08 Å². The lowest BCUT2D eigenvalue weighted by Gasteiger charge is -2.24. The molecular weight excluding hydrogens is 198 g/mol. The van der Waals surface area contributed by atoms with Crippen molar-refractivity contribution >= 4 is 23.5 Å². The largest absolute Gasteiger partial charge is 0.259 e. The van der Waals surface area contributed by atoms with E-state index in [0.717, 1.165) is 6.42 Å². The molecule has 3 heteroatoms. The maximum atomic E-state index is 4.42. The van der Waals surface area contributed by atoms with Crippen molar-refractivity contribution in [3.8, 4) is 0 Å². The Morgan fingerprint density at radius 1 is 1.31 bits per heavy atom. The molecule has 0 amide bonds. The molecule has 0 saturated carbocycles. The summed E-state index contributed by atoms with van der Waals surface area (Å²) in [7, 11) is 0. The lowest BCUT2D eigenvalue weighted by Crippen LogP contribution is -2.14. The van der Waals surface area contributed by atoms with Crippen molar-refractivity contribution in [2.45, 2.75) is 17.4 Å². The van der Waals surface area contributed by atoms with Crippen molar-refractivity contribution in [3.05, 3.63) is 40.9 Å². The van der Waals surface area contributed by atoms with E-state index in [1.807, 2.05) is 35.8 Å². The van der Waals surface area contributed by atoms with Crippen LogP contribution in [0.5, 0.6) is 0 Å². The van der Waals surface area contributed by atoms with Crippen LogP contribution in [0.15, 0.2) is 35.2 Å². The van der Waals surface area contributed by atoms with Gasteiger partial charge in [-0.15, -0.1) is 23.5 Å². The Morgan fingerprint density at radius 2 is 2.08 bits per heavy atom. The molecule has 1 aliphatic heterocycles. The molecule has 0 fully saturated rings. The molecule has 2 rings (SSSR count). The topological polar surface area (TPSA) is 12.9 Å². The van der Waals surface area contributed by atoms with Gasteiger partial charge in [0.2, 0.25) is 0 Å². The molecule has 0 bridgehead atoms. The predicted molar refractivity (Wildman–Crippen MR) is 60.5 cm³/mol. The highest BCUT2D eigenvalue weighted by molar-refractivity contribution is 8.22. The first kappa shape index (κ1) is 9.16. The Hall–Kier alpha value is -0.410. The van der Waals surface area contributed by atoms with Crippen LogP contribution in [0.3, 0.4) is 0 Å². The number of nitrogens with zero attached hydrogens (tertiary/aromatic N) is 1. The second-order valence-corrected chi connectivity index (χ2v) is 5.50. The molecular formula is C10H11NS2. The second-order valence-electron chi connectivity index (χ2n) is 2.83. The van der Waals surface area contributed by atoms with Gasteiger partial charge in [-0.1, -0.05) is 13.0 Å². The van der Waals surface area contributed by atoms with E-state index in [9.17, 15) is 0 Å². The number of rotatable bonds is 2. The van der Waals surface area contributed by atoms with E-state index in [2.05, 4.69) is 34.9 Å². The molecule has 1 nitrogen and oxygen atoms in total. The first-order chi connectivity index (χ1) is 6.37. The van der Waals surface area contributed by atoms with E-state index in [-0.39, 0.29) is 4.08 Å². The minimum atomic E-state index is 0.140. The molecule has 1 aromatic rings. The monoisotopic (exact) mass is 209 g/mol. The summed E-state index contributed by atoms with van der Waals surface area (Å²) in [6.07, 6.45) is 2.97. The number of pyridine rings is 1. The molecule has 0 N–H and O–H groups in total. The van der Waals surface area contributed by atoms with Gasteiger partial charge in [0.15, 0.2) is 0 Å². The summed E-state index contributed by atoms with van der Waals surface area (Å²) in [5, 5.41) is 4.31. The van der Waals surface area contributed by atoms with Gasteiger partial charge < -0.3 is 0 Å². The first-order valence-electron chi connectivity index (χ1n) is 4.29. The van der Waals surface area contributed by atoms with E-state index in [4.69, 9.17) is 0 Å². The van der Waals surface area contributed by atoms with E-state index in [1.54, 1.807) is 0 Å². The van der Waals surface area contributed by atoms with Crippen LogP contribution in [0.4, 0.5) is 0 Å². The second kappa shape index (κ2) is 3.76. The third-order valence-corrected chi connectivity index (χ3v) is 5.14. The summed E-state index contributed by atoms with van der Waals surface area (Å²) in [5.41, 5.74) is 1.18. The summed E-state index contributed by atoms with van der Waals surface area (Å²) in [6.45, 7) is 2.21. The molecule has 0 atom stereocenters. The summed E-state index contributed by atoms with van der Waals surface area (Å²) in [5.74, 6) is 0. The average Bonchev–Trinajstić information content (AvgIpc) is 2.69. The van der Waals surface area contributed by atoms with Crippen LogP contribution in [0.1, 0.15) is 19.0 Å². The minimum absolute atomic E-state index is 0.140. The van der Waals surface area contributed by atoms with Crippen LogP contribution >= 0.6 is 23.5 Å². The van der Waals surface area contributed by atoms with Crippen LogP contribution in [0.25, 0.3) is 0 Å². The van der Waals surface area contributed by atoms with Gasteiger partial charge in [0, 0.05) is 6.20 Å². The molecule has 0 unspecified atom stereocenters. The molecule has 0 aromatic carbocycles. The Bertz CT molecular complexity index is 300. The maximum absolute atomic E-state index is 4.42. The normalized spacial score (nSPS) is 19.2. The van der Waals surface area contributed by atoms with Crippen molar-refractivity contribution in [2.24, 2.45) is 0 Å². The zero-order chi connectivity index (χ0) is 9.15. The number of aromatic nitrogens is 1. The number of hydrogen-bond donors (Lipinski definition) is 0. The van der Waals surface area contributed by atoms with E-state index >= 15 is 0 Å². The average molecular weight is 209 g/mol. The maximum Gasteiger partial charge on any atom is 0.111 e. The molecule has 1 aliphatic rings. The Balaban J connectivity index is 2.32. The van der Waals surface area contributed by atoms with Gasteiger partial charge >= 0.3 is 0 Å². The Morgan fingerprint density at radius 3 is 2.62 bits per heavy atom. The van der Waals surface area contributed by atoms with Crippen molar-refractivity contribution in [1.29, 1.82) is 0 Å². The van der Waals surface area contributed by atoms with Gasteiger partial charge in [0.1, 0.15) is 4.08 Å². The number of thioether (sulfide) groups is 2. The van der Waals surface area contributed by atoms with Crippen LogP contribution in [0, 0.1) is 0 Å². The van der Waals surface area contributed by atoms with Gasteiger partial charge in [-0.25, -0.2) is 0 Å². The van der Waals surface area contributed by atoms with Gasteiger partial charge in [-0.3, -0.25) is 4.98 Å². The van der Waals surface area contributed by atoms with Crippen LogP contribution in [-0.4, -0.2) is 4.98 Å². The van der Waals surface area contributed by atoms with E-state index < -0.39 is 0 Å². The van der Waals surface area contributed by atoms with E-state index in [0.29, 0.717) is 0 Å². The number of hydrogen-bond acceptors (Lipinski definition) is 3. The summed E-state index contributed by atoms with van der Waals surface area (Å²) < 4.78 is 0.140. The quantitative estimate of drug-likeness (QED) is 0.738. The molecule has 0 spiro atoms. The third-order valence-electron chi connectivity index (χ3n) is 2.09. The van der Waals surface area contributed by atoms with Crippen molar-refractivity contribution in [1.82, 2.24) is 4.98 Å². The summed E-state index contributed by atoms with van der Waals surface area (Å²) in [6, 6.07) is 6.13. The van der Waals surface area contributed by atoms with Gasteiger partial charge in [-0.2, -0.15) is 0 Å². The van der Waals surface area contributed by atoms with Crippen molar-refractivity contribution in [2.75, 3.05) is 0 Å². The smallest absolute Gasteiger partial charge is 0.111 e. The first-order valence-corrected chi connectivity index (χ1v) is 6.05. The predicted octanol–water partition coefficient (Wildman–Crippen LogP) is 3.60. The zero-order valence-corrected chi connectivity index (χ0v) is 9.07. The molecule has 2 heterocycles. The molecule has 13 heavy (non-hydrogen) atoms. The molecule has 0 radical (unpaired) electrons. The third kappa shape index (κ3) is 1.63.